The molecule has 0 saturated carbocycles. The second-order valence-corrected chi connectivity index (χ2v) is 5.79. The fraction of sp³-hybridized carbons (Fsp3) is 0.278. The Labute approximate surface area is 130 Å². The topological polar surface area (TPSA) is 26.3 Å². The van der Waals surface area contributed by atoms with Gasteiger partial charge in [-0.1, -0.05) is 49.7 Å². The lowest BCUT2D eigenvalue weighted by Crippen LogP contribution is -1.97. The van der Waals surface area contributed by atoms with Crippen LogP contribution < -0.4 is 0 Å². The number of carbonyl (C=O) groups is 1. The summed E-state index contributed by atoms with van der Waals surface area (Å²) < 4.78 is 5.18. The summed E-state index contributed by atoms with van der Waals surface area (Å²) in [6.45, 7) is 4.16. The van der Waals surface area contributed by atoms with E-state index in [0.29, 0.717) is 6.42 Å². The average molecular weight is 300 g/mol. The second-order valence-electron chi connectivity index (χ2n) is 4.98. The average Bonchev–Trinajstić information content (AvgIpc) is 2.52. The molecular weight excluding hydrogens is 280 g/mol. The van der Waals surface area contributed by atoms with Crippen LogP contribution in [0.3, 0.4) is 0 Å². The van der Waals surface area contributed by atoms with E-state index in [-0.39, 0.29) is 5.97 Å². The van der Waals surface area contributed by atoms with Gasteiger partial charge in [-0.15, -0.1) is 0 Å². The number of hydrogen-bond donors (Lipinski definition) is 0. The van der Waals surface area contributed by atoms with E-state index >= 15 is 0 Å². The largest absolute Gasteiger partial charge is 0.386 e. The maximum atomic E-state index is 11.5. The van der Waals surface area contributed by atoms with Gasteiger partial charge in [0.25, 0.3) is 0 Å². The van der Waals surface area contributed by atoms with E-state index in [1.54, 1.807) is 0 Å². The number of hydrogen-bond acceptors (Lipinski definition) is 3. The van der Waals surface area contributed by atoms with Crippen molar-refractivity contribution in [2.45, 2.75) is 38.0 Å². The van der Waals surface area contributed by atoms with Crippen LogP contribution in [0, 0.1) is 6.92 Å². The van der Waals surface area contributed by atoms with Crippen LogP contribution in [0.1, 0.15) is 31.7 Å². The summed E-state index contributed by atoms with van der Waals surface area (Å²) in [5.41, 5.74) is 3.66. The molecule has 0 aliphatic carbocycles. The first kappa shape index (κ1) is 15.6. The molecule has 2 aromatic carbocycles. The molecule has 0 radical (unpaired) electrons. The highest BCUT2D eigenvalue weighted by Crippen LogP contribution is 2.27. The van der Waals surface area contributed by atoms with Crippen molar-refractivity contribution in [3.05, 3.63) is 54.1 Å². The molecule has 0 unspecified atom stereocenters. The maximum absolute atomic E-state index is 11.5. The van der Waals surface area contributed by atoms with Gasteiger partial charge in [-0.25, -0.2) is 0 Å². The van der Waals surface area contributed by atoms with Crippen molar-refractivity contribution in [3.8, 4) is 11.1 Å². The third-order valence-corrected chi connectivity index (χ3v) is 4.01. The lowest BCUT2D eigenvalue weighted by Gasteiger charge is -2.07. The predicted octanol–water partition coefficient (Wildman–Crippen LogP) is 5.40. The summed E-state index contributed by atoms with van der Waals surface area (Å²) in [5, 5.41) is 0. The number of carbonyl (C=O) groups excluding carboxylic acids is 1. The number of aryl methyl sites for hydroxylation is 1. The van der Waals surface area contributed by atoms with E-state index in [9.17, 15) is 4.79 Å². The zero-order chi connectivity index (χ0) is 15.1. The normalized spacial score (nSPS) is 10.4. The number of rotatable bonds is 6. The molecule has 0 aromatic heterocycles. The van der Waals surface area contributed by atoms with Crippen molar-refractivity contribution in [1.82, 2.24) is 0 Å². The Balaban J connectivity index is 1.96. The minimum atomic E-state index is -0.148. The van der Waals surface area contributed by atoms with Gasteiger partial charge in [-0.2, -0.15) is 0 Å². The van der Waals surface area contributed by atoms with E-state index in [1.807, 2.05) is 24.3 Å². The molecule has 0 amide bonds. The molecule has 0 heterocycles. The fourth-order valence-electron chi connectivity index (χ4n) is 2.04. The minimum Gasteiger partial charge on any atom is -0.386 e. The standard InChI is InChI=1S/C18H20O2S/c1-3-4-9-18(19)20-21-16-12-10-15(11-13-16)17-8-6-5-7-14(17)2/h5-8,10-13H,3-4,9H2,1-2H3. The van der Waals surface area contributed by atoms with Crippen LogP contribution in [0.5, 0.6) is 0 Å². The quantitative estimate of drug-likeness (QED) is 0.668. The molecule has 2 nitrogen and oxygen atoms in total. The maximum Gasteiger partial charge on any atom is 0.318 e. The zero-order valence-corrected chi connectivity index (χ0v) is 13.3. The van der Waals surface area contributed by atoms with Crippen molar-refractivity contribution in [2.75, 3.05) is 0 Å². The molecule has 0 bridgehead atoms. The molecule has 0 spiro atoms. The SMILES string of the molecule is CCCCC(=O)OSc1ccc(-c2ccccc2C)cc1. The van der Waals surface area contributed by atoms with E-state index in [4.69, 9.17) is 4.18 Å². The molecule has 110 valence electrons. The third-order valence-electron chi connectivity index (χ3n) is 3.28. The van der Waals surface area contributed by atoms with Crippen LogP contribution >= 0.6 is 12.0 Å². The Kier molecular flexibility index (Phi) is 5.88. The minimum absolute atomic E-state index is 0.148. The van der Waals surface area contributed by atoms with Crippen molar-refractivity contribution >= 4 is 18.0 Å². The van der Waals surface area contributed by atoms with Gasteiger partial charge in [0.15, 0.2) is 0 Å². The Morgan fingerprint density at radius 3 is 2.48 bits per heavy atom. The van der Waals surface area contributed by atoms with Crippen molar-refractivity contribution in [3.63, 3.8) is 0 Å². The van der Waals surface area contributed by atoms with Gasteiger partial charge < -0.3 is 4.18 Å². The van der Waals surface area contributed by atoms with Crippen molar-refractivity contribution in [2.24, 2.45) is 0 Å². The summed E-state index contributed by atoms with van der Waals surface area (Å²) in [5.74, 6) is -0.148. The van der Waals surface area contributed by atoms with Crippen molar-refractivity contribution < 1.29 is 8.98 Å². The first-order valence-corrected chi connectivity index (χ1v) is 7.98. The monoisotopic (exact) mass is 300 g/mol. The van der Waals surface area contributed by atoms with Gasteiger partial charge >= 0.3 is 5.97 Å². The highest BCUT2D eigenvalue weighted by atomic mass is 32.2. The van der Waals surface area contributed by atoms with Gasteiger partial charge in [-0.05, 0) is 42.2 Å². The molecule has 0 atom stereocenters. The van der Waals surface area contributed by atoms with Gasteiger partial charge in [-0.3, -0.25) is 4.79 Å². The van der Waals surface area contributed by atoms with Crippen molar-refractivity contribution in [1.29, 1.82) is 0 Å². The van der Waals surface area contributed by atoms with Gasteiger partial charge in [0.1, 0.15) is 0 Å². The summed E-state index contributed by atoms with van der Waals surface area (Å²) >= 11 is 1.14. The van der Waals surface area contributed by atoms with Crippen LogP contribution in [-0.4, -0.2) is 5.97 Å². The molecule has 2 aromatic rings. The van der Waals surface area contributed by atoms with Crippen LogP contribution in [0.4, 0.5) is 0 Å². The third kappa shape index (κ3) is 4.64. The molecule has 0 fully saturated rings. The van der Waals surface area contributed by atoms with Crippen LogP contribution in [0.25, 0.3) is 11.1 Å². The summed E-state index contributed by atoms with van der Waals surface area (Å²) in [6.07, 6.45) is 2.38. The first-order chi connectivity index (χ1) is 10.2. The molecule has 0 aliphatic heterocycles. The van der Waals surface area contributed by atoms with Crippen LogP contribution in [-0.2, 0) is 8.98 Å². The van der Waals surface area contributed by atoms with E-state index in [1.165, 1.54) is 16.7 Å². The molecule has 0 aliphatic rings. The molecular formula is C18H20O2S. The zero-order valence-electron chi connectivity index (χ0n) is 12.5. The van der Waals surface area contributed by atoms with E-state index in [2.05, 4.69) is 38.1 Å². The van der Waals surface area contributed by atoms with E-state index < -0.39 is 0 Å². The highest BCUT2D eigenvalue weighted by molar-refractivity contribution is 7.95. The molecule has 21 heavy (non-hydrogen) atoms. The second kappa shape index (κ2) is 7.89. The van der Waals surface area contributed by atoms with Crippen LogP contribution in [0.2, 0.25) is 0 Å². The molecule has 0 saturated heterocycles. The first-order valence-electron chi connectivity index (χ1n) is 7.24. The van der Waals surface area contributed by atoms with Gasteiger partial charge in [0.05, 0.1) is 12.0 Å². The Hall–Kier alpha value is -1.74. The molecule has 3 heteroatoms. The summed E-state index contributed by atoms with van der Waals surface area (Å²) in [6, 6.07) is 16.4. The summed E-state index contributed by atoms with van der Waals surface area (Å²) in [7, 11) is 0. The van der Waals surface area contributed by atoms with Crippen LogP contribution in [0.15, 0.2) is 53.4 Å². The molecule has 2 rings (SSSR count). The highest BCUT2D eigenvalue weighted by Gasteiger charge is 2.05. The number of benzene rings is 2. The Morgan fingerprint density at radius 1 is 1.10 bits per heavy atom. The summed E-state index contributed by atoms with van der Waals surface area (Å²) in [4.78, 5) is 12.4. The van der Waals surface area contributed by atoms with Gasteiger partial charge in [0, 0.05) is 11.3 Å². The smallest absolute Gasteiger partial charge is 0.318 e. The Morgan fingerprint density at radius 2 is 1.81 bits per heavy atom. The lowest BCUT2D eigenvalue weighted by molar-refractivity contribution is -0.133. The fourth-order valence-corrected chi connectivity index (χ4v) is 2.56. The van der Waals surface area contributed by atoms with Gasteiger partial charge in [0.2, 0.25) is 0 Å². The predicted molar refractivity (Wildman–Crippen MR) is 88.1 cm³/mol. The lowest BCUT2D eigenvalue weighted by atomic mass is 10.0. The molecule has 0 N–H and O–H groups in total. The number of unbranched alkanes of at least 4 members (excludes halogenated alkanes) is 1. The van der Waals surface area contributed by atoms with E-state index in [0.717, 1.165) is 29.8 Å². The Bertz CT molecular complexity index is 590.